The molecule has 1 aliphatic carbocycles. The van der Waals surface area contributed by atoms with Crippen molar-refractivity contribution in [3.8, 4) is 0 Å². The van der Waals surface area contributed by atoms with Crippen molar-refractivity contribution in [3.63, 3.8) is 0 Å². The summed E-state index contributed by atoms with van der Waals surface area (Å²) >= 11 is 6.08. The summed E-state index contributed by atoms with van der Waals surface area (Å²) in [5.41, 5.74) is -0.751. The van der Waals surface area contributed by atoms with Crippen LogP contribution in [0.4, 0.5) is 4.79 Å². The molecular weight excluding hydrogens is 428 g/mol. The quantitative estimate of drug-likeness (QED) is 0.703. The molecule has 30 heavy (non-hydrogen) atoms. The van der Waals surface area contributed by atoms with Crippen molar-refractivity contribution >= 4 is 33.6 Å². The molecule has 4 rings (SSSR count). The number of urea groups is 1. The van der Waals surface area contributed by atoms with E-state index in [0.717, 1.165) is 12.8 Å². The third-order valence-corrected chi connectivity index (χ3v) is 8.90. The third kappa shape index (κ3) is 3.84. The molecule has 1 saturated carbocycles. The molecule has 3 aliphatic rings. The number of halogens is 1. The minimum Gasteiger partial charge on any atom is -0.323 e. The van der Waals surface area contributed by atoms with Gasteiger partial charge in [-0.2, -0.15) is 4.31 Å². The van der Waals surface area contributed by atoms with Crippen LogP contribution in [0.1, 0.15) is 32.6 Å². The van der Waals surface area contributed by atoms with E-state index in [1.807, 2.05) is 4.90 Å². The lowest BCUT2D eigenvalue weighted by Gasteiger charge is -2.36. The van der Waals surface area contributed by atoms with Crippen LogP contribution in [0.15, 0.2) is 29.2 Å². The number of amides is 3. The van der Waals surface area contributed by atoms with E-state index >= 15 is 0 Å². The van der Waals surface area contributed by atoms with E-state index in [0.29, 0.717) is 31.8 Å². The Morgan fingerprint density at radius 3 is 2.37 bits per heavy atom. The van der Waals surface area contributed by atoms with E-state index in [2.05, 4.69) is 12.2 Å². The van der Waals surface area contributed by atoms with Gasteiger partial charge in [0, 0.05) is 26.2 Å². The Morgan fingerprint density at radius 2 is 1.73 bits per heavy atom. The number of hydrogen-bond acceptors (Lipinski definition) is 5. The third-order valence-electron chi connectivity index (χ3n) is 6.50. The summed E-state index contributed by atoms with van der Waals surface area (Å²) in [4.78, 5) is 28.9. The second kappa shape index (κ2) is 8.11. The Kier molecular flexibility index (Phi) is 5.82. The fourth-order valence-corrected chi connectivity index (χ4v) is 6.42. The summed E-state index contributed by atoms with van der Waals surface area (Å²) in [5, 5.41) is 3.13. The number of carbonyl (C=O) groups excluding carboxylic acids is 2. The lowest BCUT2D eigenvalue weighted by atomic mass is 9.77. The van der Waals surface area contributed by atoms with Gasteiger partial charge in [-0.05, 0) is 43.7 Å². The van der Waals surface area contributed by atoms with E-state index in [4.69, 9.17) is 11.6 Å². The van der Waals surface area contributed by atoms with Crippen molar-refractivity contribution in [2.45, 2.75) is 43.0 Å². The van der Waals surface area contributed by atoms with Crippen LogP contribution in [-0.4, -0.2) is 72.8 Å². The van der Waals surface area contributed by atoms with Gasteiger partial charge in [-0.25, -0.2) is 18.1 Å². The normalized spacial score (nSPS) is 28.9. The Morgan fingerprint density at radius 1 is 1.10 bits per heavy atom. The molecule has 1 N–H and O–H groups in total. The van der Waals surface area contributed by atoms with Crippen molar-refractivity contribution in [1.29, 1.82) is 0 Å². The van der Waals surface area contributed by atoms with Crippen molar-refractivity contribution in [3.05, 3.63) is 29.3 Å². The minimum atomic E-state index is -3.68. The highest BCUT2D eigenvalue weighted by molar-refractivity contribution is 7.89. The predicted octanol–water partition coefficient (Wildman–Crippen LogP) is 2.10. The highest BCUT2D eigenvalue weighted by atomic mass is 35.5. The summed E-state index contributed by atoms with van der Waals surface area (Å²) in [6.07, 6.45) is 3.22. The average Bonchev–Trinajstić information content (AvgIpc) is 2.95. The maximum atomic E-state index is 13.0. The van der Waals surface area contributed by atoms with Crippen molar-refractivity contribution in [1.82, 2.24) is 19.4 Å². The molecule has 164 valence electrons. The smallest absolute Gasteiger partial charge is 0.323 e. The summed E-state index contributed by atoms with van der Waals surface area (Å²) in [7, 11) is -3.68. The molecule has 0 bridgehead atoms. The van der Waals surface area contributed by atoms with E-state index in [9.17, 15) is 18.0 Å². The number of sulfonamides is 1. The average molecular weight is 455 g/mol. The van der Waals surface area contributed by atoms with Gasteiger partial charge < -0.3 is 5.32 Å². The first-order valence-electron chi connectivity index (χ1n) is 10.3. The van der Waals surface area contributed by atoms with E-state index in [1.54, 1.807) is 18.2 Å². The van der Waals surface area contributed by atoms with Crippen molar-refractivity contribution in [2.75, 3.05) is 32.8 Å². The van der Waals surface area contributed by atoms with E-state index < -0.39 is 15.6 Å². The fourth-order valence-electron chi connectivity index (χ4n) is 4.50. The number of carbonyl (C=O) groups is 2. The van der Waals surface area contributed by atoms with Gasteiger partial charge in [0.25, 0.3) is 5.91 Å². The molecule has 2 heterocycles. The zero-order valence-electron chi connectivity index (χ0n) is 17.0. The monoisotopic (exact) mass is 454 g/mol. The highest BCUT2D eigenvalue weighted by Gasteiger charge is 2.52. The summed E-state index contributed by atoms with van der Waals surface area (Å²) in [5.74, 6) is 0.424. The molecule has 3 fully saturated rings. The largest absolute Gasteiger partial charge is 0.326 e. The maximum Gasteiger partial charge on any atom is 0.326 e. The molecular formula is C20H27ClN4O4S. The topological polar surface area (TPSA) is 90.0 Å². The molecule has 2 saturated heterocycles. The summed E-state index contributed by atoms with van der Waals surface area (Å²) in [6, 6.07) is 6.05. The van der Waals surface area contributed by atoms with Crippen LogP contribution in [0.25, 0.3) is 0 Å². The van der Waals surface area contributed by atoms with Crippen LogP contribution in [0.5, 0.6) is 0 Å². The molecule has 3 amide bonds. The number of rotatable bonds is 4. The Hall–Kier alpha value is -1.68. The summed E-state index contributed by atoms with van der Waals surface area (Å²) < 4.78 is 27.2. The number of nitrogens with one attached hydrogen (secondary N) is 1. The number of nitrogens with zero attached hydrogens (tertiary/aromatic N) is 3. The van der Waals surface area contributed by atoms with Gasteiger partial charge in [0.1, 0.15) is 10.4 Å². The van der Waals surface area contributed by atoms with Crippen molar-refractivity contribution in [2.24, 2.45) is 5.92 Å². The van der Waals surface area contributed by atoms with Gasteiger partial charge in [0.15, 0.2) is 0 Å². The zero-order valence-corrected chi connectivity index (χ0v) is 18.6. The molecule has 8 nitrogen and oxygen atoms in total. The van der Waals surface area contributed by atoms with Gasteiger partial charge in [0.05, 0.1) is 11.7 Å². The minimum absolute atomic E-state index is 0.0997. The van der Waals surface area contributed by atoms with Crippen LogP contribution in [-0.2, 0) is 14.8 Å². The molecule has 10 heteroatoms. The molecule has 1 spiro atoms. The first-order valence-corrected chi connectivity index (χ1v) is 12.2. The zero-order chi connectivity index (χ0) is 21.5. The highest BCUT2D eigenvalue weighted by Crippen LogP contribution is 2.36. The molecule has 2 aliphatic heterocycles. The molecule has 1 aromatic rings. The van der Waals surface area contributed by atoms with Crippen LogP contribution >= 0.6 is 11.6 Å². The number of piperazine rings is 1. The molecule has 1 aromatic carbocycles. The first-order chi connectivity index (χ1) is 14.2. The van der Waals surface area contributed by atoms with Crippen LogP contribution in [0.2, 0.25) is 5.02 Å². The van der Waals surface area contributed by atoms with Gasteiger partial charge in [-0.15, -0.1) is 0 Å². The molecule has 0 atom stereocenters. The van der Waals surface area contributed by atoms with Crippen LogP contribution < -0.4 is 5.32 Å². The molecule has 0 unspecified atom stereocenters. The van der Waals surface area contributed by atoms with Gasteiger partial charge in [-0.3, -0.25) is 9.69 Å². The van der Waals surface area contributed by atoms with Gasteiger partial charge in [0.2, 0.25) is 10.0 Å². The van der Waals surface area contributed by atoms with E-state index in [-0.39, 0.29) is 41.6 Å². The molecule has 0 aromatic heterocycles. The summed E-state index contributed by atoms with van der Waals surface area (Å²) in [6.45, 7) is 3.78. The predicted molar refractivity (Wildman–Crippen MR) is 112 cm³/mol. The van der Waals surface area contributed by atoms with Crippen LogP contribution in [0.3, 0.4) is 0 Å². The number of hydrogen-bond donors (Lipinski definition) is 1. The number of imide groups is 1. The maximum absolute atomic E-state index is 13.0. The second-order valence-corrected chi connectivity index (χ2v) is 10.8. The first kappa shape index (κ1) is 21.5. The van der Waals surface area contributed by atoms with Gasteiger partial charge in [-0.1, -0.05) is 30.7 Å². The SMILES string of the molecule is CC1CCC2(CC1)NC(=O)N(CN1CCN(S(=O)(=O)c3ccccc3Cl)CC1)C2=O. The van der Waals surface area contributed by atoms with Gasteiger partial charge >= 0.3 is 6.03 Å². The van der Waals surface area contributed by atoms with Crippen molar-refractivity contribution < 1.29 is 18.0 Å². The lowest BCUT2D eigenvalue weighted by molar-refractivity contribution is -0.134. The van der Waals surface area contributed by atoms with E-state index in [1.165, 1.54) is 15.3 Å². The lowest BCUT2D eigenvalue weighted by Crippen LogP contribution is -2.53. The Labute approximate surface area is 182 Å². The van der Waals surface area contributed by atoms with Crippen LogP contribution in [0, 0.1) is 5.92 Å². The number of benzene rings is 1. The molecule has 0 radical (unpaired) electrons. The second-order valence-electron chi connectivity index (χ2n) is 8.52. The Bertz CT molecular complexity index is 938. The fraction of sp³-hybridized carbons (Fsp3) is 0.600. The standard InChI is InChI=1S/C20H27ClN4O4S/c1-15-6-8-20(9-7-15)18(26)25(19(27)22-20)14-23-10-12-24(13-11-23)30(28,29)17-5-3-2-4-16(17)21/h2-5,15H,6-14H2,1H3,(H,22,27). The Balaban J connectivity index is 1.38.